The molecule has 1 aromatic carbocycles. The fourth-order valence-corrected chi connectivity index (χ4v) is 2.99. The lowest BCUT2D eigenvalue weighted by molar-refractivity contribution is -0.147. The van der Waals surface area contributed by atoms with E-state index < -0.39 is 18.5 Å². The predicted octanol–water partition coefficient (Wildman–Crippen LogP) is 2.54. The van der Waals surface area contributed by atoms with E-state index in [1.807, 2.05) is 34.7 Å². The van der Waals surface area contributed by atoms with Crippen molar-refractivity contribution in [3.8, 4) is 0 Å². The molecule has 0 atom stereocenters. The van der Waals surface area contributed by atoms with E-state index in [1.165, 1.54) is 0 Å². The van der Waals surface area contributed by atoms with Gasteiger partial charge in [0, 0.05) is 25.7 Å². The van der Waals surface area contributed by atoms with Gasteiger partial charge in [0.2, 0.25) is 0 Å². The second-order valence-electron chi connectivity index (χ2n) is 7.63. The molecule has 0 radical (unpaired) electrons. The van der Waals surface area contributed by atoms with Crippen molar-refractivity contribution in [1.29, 1.82) is 0 Å². The van der Waals surface area contributed by atoms with Crippen molar-refractivity contribution in [2.45, 2.75) is 40.5 Å². The molecule has 162 valence electrons. The zero-order chi connectivity index (χ0) is 22.3. The van der Waals surface area contributed by atoms with Crippen molar-refractivity contribution in [3.63, 3.8) is 0 Å². The Balaban J connectivity index is 1.86. The summed E-state index contributed by atoms with van der Waals surface area (Å²) in [4.78, 5) is 36.6. The summed E-state index contributed by atoms with van der Waals surface area (Å²) in [5.74, 6) is -0.912. The van der Waals surface area contributed by atoms with Crippen molar-refractivity contribution >= 4 is 23.5 Å². The molecule has 1 heterocycles. The molecule has 0 spiro atoms. The molecule has 8 heteroatoms. The molecule has 0 saturated heterocycles. The SMILES string of the molecule is Cc1nn(C)c(C)c1CCC(=O)OCC(=O)Nc1ccccc1C(=O)NCC(C)C. The van der Waals surface area contributed by atoms with E-state index in [-0.39, 0.29) is 12.3 Å². The number of ether oxygens (including phenoxy) is 1. The van der Waals surface area contributed by atoms with Gasteiger partial charge in [0.1, 0.15) is 0 Å². The number of hydrogen-bond donors (Lipinski definition) is 2. The van der Waals surface area contributed by atoms with E-state index in [0.29, 0.717) is 30.1 Å². The minimum absolute atomic E-state index is 0.162. The molecule has 0 unspecified atom stereocenters. The van der Waals surface area contributed by atoms with E-state index in [4.69, 9.17) is 4.74 Å². The third kappa shape index (κ3) is 6.43. The Labute approximate surface area is 177 Å². The highest BCUT2D eigenvalue weighted by Gasteiger charge is 2.16. The number of hydrogen-bond acceptors (Lipinski definition) is 5. The number of nitrogens with zero attached hydrogens (tertiary/aromatic N) is 2. The minimum Gasteiger partial charge on any atom is -0.456 e. The Hall–Kier alpha value is -3.16. The molecule has 1 aromatic heterocycles. The normalized spacial score (nSPS) is 10.7. The molecule has 0 fully saturated rings. The highest BCUT2D eigenvalue weighted by atomic mass is 16.5. The molecule has 30 heavy (non-hydrogen) atoms. The monoisotopic (exact) mass is 414 g/mol. The summed E-state index contributed by atoms with van der Waals surface area (Å²) in [5.41, 5.74) is 3.64. The van der Waals surface area contributed by atoms with Gasteiger partial charge >= 0.3 is 5.97 Å². The average Bonchev–Trinajstić information content (AvgIpc) is 2.94. The molecule has 0 bridgehead atoms. The van der Waals surface area contributed by atoms with Gasteiger partial charge in [0.05, 0.1) is 16.9 Å². The number of carbonyl (C=O) groups excluding carboxylic acids is 3. The Bertz CT molecular complexity index is 918. The summed E-state index contributed by atoms with van der Waals surface area (Å²) in [6.07, 6.45) is 0.666. The topological polar surface area (TPSA) is 102 Å². The van der Waals surface area contributed by atoms with Gasteiger partial charge < -0.3 is 15.4 Å². The van der Waals surface area contributed by atoms with Gasteiger partial charge in [-0.15, -0.1) is 0 Å². The third-order valence-corrected chi connectivity index (χ3v) is 4.72. The van der Waals surface area contributed by atoms with Gasteiger partial charge in [-0.1, -0.05) is 26.0 Å². The first-order valence-corrected chi connectivity index (χ1v) is 10.0. The van der Waals surface area contributed by atoms with Gasteiger partial charge in [-0.2, -0.15) is 5.10 Å². The first-order valence-electron chi connectivity index (χ1n) is 10.0. The van der Waals surface area contributed by atoms with Crippen LogP contribution in [0.3, 0.4) is 0 Å². The van der Waals surface area contributed by atoms with E-state index in [0.717, 1.165) is 17.0 Å². The summed E-state index contributed by atoms with van der Waals surface area (Å²) < 4.78 is 6.86. The van der Waals surface area contributed by atoms with Crippen molar-refractivity contribution < 1.29 is 19.1 Å². The molecule has 2 rings (SSSR count). The molecule has 2 N–H and O–H groups in total. The van der Waals surface area contributed by atoms with Crippen LogP contribution in [0.5, 0.6) is 0 Å². The maximum atomic E-state index is 12.3. The van der Waals surface area contributed by atoms with Gasteiger partial charge in [-0.3, -0.25) is 19.1 Å². The van der Waals surface area contributed by atoms with Gasteiger partial charge in [0.15, 0.2) is 6.61 Å². The molecular formula is C22H30N4O4. The Morgan fingerprint density at radius 1 is 1.17 bits per heavy atom. The van der Waals surface area contributed by atoms with Crippen molar-refractivity contribution in [1.82, 2.24) is 15.1 Å². The van der Waals surface area contributed by atoms with Crippen LogP contribution in [0.2, 0.25) is 0 Å². The number of rotatable bonds is 9. The molecular weight excluding hydrogens is 384 g/mol. The van der Waals surface area contributed by atoms with E-state index >= 15 is 0 Å². The van der Waals surface area contributed by atoms with Crippen LogP contribution in [0.1, 0.15) is 47.6 Å². The Kier molecular flexibility index (Phi) is 8.15. The maximum Gasteiger partial charge on any atom is 0.306 e. The fraction of sp³-hybridized carbons (Fsp3) is 0.455. The summed E-state index contributed by atoms with van der Waals surface area (Å²) >= 11 is 0. The molecule has 8 nitrogen and oxygen atoms in total. The number of anilines is 1. The largest absolute Gasteiger partial charge is 0.456 e. The first kappa shape index (κ1) is 23.1. The van der Waals surface area contributed by atoms with E-state index in [1.54, 1.807) is 28.9 Å². The fourth-order valence-electron chi connectivity index (χ4n) is 2.99. The summed E-state index contributed by atoms with van der Waals surface area (Å²) in [7, 11) is 1.86. The molecule has 2 aromatic rings. The van der Waals surface area contributed by atoms with Gasteiger partial charge in [-0.05, 0) is 43.9 Å². The van der Waals surface area contributed by atoms with Crippen LogP contribution in [-0.2, 0) is 27.8 Å². The van der Waals surface area contributed by atoms with Crippen LogP contribution in [0.4, 0.5) is 5.69 Å². The van der Waals surface area contributed by atoms with E-state index in [9.17, 15) is 14.4 Å². The lowest BCUT2D eigenvalue weighted by Crippen LogP contribution is -2.29. The second kappa shape index (κ2) is 10.6. The minimum atomic E-state index is -0.499. The van der Waals surface area contributed by atoms with Crippen molar-refractivity contribution in [2.24, 2.45) is 13.0 Å². The summed E-state index contributed by atoms with van der Waals surface area (Å²) in [5, 5.41) is 9.78. The molecule has 0 aliphatic heterocycles. The maximum absolute atomic E-state index is 12.3. The third-order valence-electron chi connectivity index (χ3n) is 4.72. The average molecular weight is 415 g/mol. The van der Waals surface area contributed by atoms with Crippen molar-refractivity contribution in [3.05, 3.63) is 46.8 Å². The van der Waals surface area contributed by atoms with Crippen molar-refractivity contribution in [2.75, 3.05) is 18.5 Å². The Morgan fingerprint density at radius 3 is 2.50 bits per heavy atom. The van der Waals surface area contributed by atoms with E-state index in [2.05, 4.69) is 15.7 Å². The number of aromatic nitrogens is 2. The molecule has 0 aliphatic carbocycles. The lowest BCUT2D eigenvalue weighted by Gasteiger charge is -2.12. The first-order chi connectivity index (χ1) is 14.2. The highest BCUT2D eigenvalue weighted by molar-refractivity contribution is 6.04. The number of aryl methyl sites for hydroxylation is 2. The van der Waals surface area contributed by atoms with Crippen LogP contribution >= 0.6 is 0 Å². The number of carbonyl (C=O) groups is 3. The smallest absolute Gasteiger partial charge is 0.306 e. The summed E-state index contributed by atoms with van der Waals surface area (Å²) in [6, 6.07) is 6.72. The molecule has 0 saturated carbocycles. The van der Waals surface area contributed by atoms with Crippen LogP contribution < -0.4 is 10.6 Å². The quantitative estimate of drug-likeness (QED) is 0.614. The Morgan fingerprint density at radius 2 is 1.87 bits per heavy atom. The zero-order valence-electron chi connectivity index (χ0n) is 18.2. The number of benzene rings is 1. The zero-order valence-corrected chi connectivity index (χ0v) is 18.2. The van der Waals surface area contributed by atoms with Crippen LogP contribution in [0, 0.1) is 19.8 Å². The summed E-state index contributed by atoms with van der Waals surface area (Å²) in [6.45, 7) is 7.97. The van der Waals surface area contributed by atoms with Crippen LogP contribution in [0.25, 0.3) is 0 Å². The number of amides is 2. The predicted molar refractivity (Wildman–Crippen MR) is 114 cm³/mol. The molecule has 2 amide bonds. The van der Waals surface area contributed by atoms with Crippen LogP contribution in [0.15, 0.2) is 24.3 Å². The van der Waals surface area contributed by atoms with Gasteiger partial charge in [-0.25, -0.2) is 0 Å². The van der Waals surface area contributed by atoms with Crippen LogP contribution in [-0.4, -0.2) is 40.7 Å². The number of nitrogens with one attached hydrogen (secondary N) is 2. The second-order valence-corrected chi connectivity index (χ2v) is 7.63. The number of esters is 1. The number of para-hydroxylation sites is 1. The standard InChI is InChI=1S/C22H30N4O4/c1-14(2)12-23-22(29)18-8-6-7-9-19(18)24-20(27)13-30-21(28)11-10-17-15(3)25-26(5)16(17)4/h6-9,14H,10-13H2,1-5H3,(H,23,29)(H,24,27). The highest BCUT2D eigenvalue weighted by Crippen LogP contribution is 2.16. The van der Waals surface area contributed by atoms with Gasteiger partial charge in [0.25, 0.3) is 11.8 Å². The molecule has 0 aliphatic rings. The lowest BCUT2D eigenvalue weighted by atomic mass is 10.1.